The van der Waals surface area contributed by atoms with Gasteiger partial charge >= 0.3 is 45.9 Å². The normalized spacial score (nSPS) is 16.8. The van der Waals surface area contributed by atoms with E-state index in [2.05, 4.69) is 36.9 Å². The monoisotopic (exact) mass is 1390 g/mol. The summed E-state index contributed by atoms with van der Waals surface area (Å²) in [5.74, 6) is -9.80. The van der Waals surface area contributed by atoms with Gasteiger partial charge in [0.2, 0.25) is 41.4 Å². The fourth-order valence-electron chi connectivity index (χ4n) is 9.87. The standard InChI is InChI=1S/C56H92N14O17.Gd/c1-38(51(82)64-42(55(86)87)31-39-16-18-40(72)19-17-39)62-53(84)44-14-12-22-70(44)54(85)43(37-71)65-52(83)41(13-11-21-60-56(57)58)63-45(73)15-9-7-5-3-2-4-6-8-10-20-59-46(74)32-61-47(75)33-66-23-25-67(34-48(76)77)27-29-69(36-50(80)81)30-28-68(26-24-66)35-49(78)79;/h16-19,38,41-44,71-72H,2-15,20-37H2,1H3,(H,59,74)(H,61,75)(H,62,84)(H,63,73)(H,64,82)(H,65,83)(H,76,77)(H,78,79)(H,80,81)(H,86,87)(H4,57,58,60);/q;+3/p-3/t38-,41-,42-,43-,44-;/m0./s1. The van der Waals surface area contributed by atoms with E-state index in [0.29, 0.717) is 31.4 Å². The van der Waals surface area contributed by atoms with Crippen LogP contribution in [0.4, 0.5) is 0 Å². The van der Waals surface area contributed by atoms with Gasteiger partial charge in [0.1, 0.15) is 36.0 Å². The molecule has 2 aliphatic rings. The Hall–Kier alpha value is -6.42. The van der Waals surface area contributed by atoms with Gasteiger partial charge in [0.15, 0.2) is 5.96 Å². The molecule has 1 aromatic carbocycles. The van der Waals surface area contributed by atoms with Gasteiger partial charge in [0.25, 0.3) is 0 Å². The number of phenols is 1. The first-order valence-corrected chi connectivity index (χ1v) is 29.6. The second-order valence-electron chi connectivity index (χ2n) is 21.8. The predicted molar refractivity (Wildman–Crippen MR) is 308 cm³/mol. The Morgan fingerprint density at radius 3 is 1.60 bits per heavy atom. The van der Waals surface area contributed by atoms with E-state index in [-0.39, 0.29) is 168 Å². The van der Waals surface area contributed by atoms with Crippen molar-refractivity contribution in [2.24, 2.45) is 16.5 Å². The van der Waals surface area contributed by atoms with Crippen LogP contribution in [0.2, 0.25) is 0 Å². The average Bonchev–Trinajstić information content (AvgIpc) is 4.21. The van der Waals surface area contributed by atoms with Crippen LogP contribution in [0.25, 0.3) is 0 Å². The number of nitrogens with zero attached hydrogens (tertiary/aromatic N) is 6. The van der Waals surface area contributed by atoms with Crippen LogP contribution in [0, 0.1) is 39.9 Å². The maximum atomic E-state index is 13.8. The number of carbonyl (C=O) groups is 11. The van der Waals surface area contributed by atoms with Gasteiger partial charge in [-0.2, -0.15) is 0 Å². The molecule has 0 spiro atoms. The number of nitrogens with one attached hydrogen (secondary N) is 6. The van der Waals surface area contributed by atoms with Crippen LogP contribution in [-0.2, 0) is 59.2 Å². The first-order valence-electron chi connectivity index (χ1n) is 29.6. The number of carboxylic acids is 4. The molecule has 0 aliphatic carbocycles. The predicted octanol–water partition coefficient (Wildman–Crippen LogP) is -7.38. The van der Waals surface area contributed by atoms with Gasteiger partial charge in [-0.1, -0.05) is 57.1 Å². The molecule has 13 N–H and O–H groups in total. The molecule has 0 saturated carbocycles. The summed E-state index contributed by atoms with van der Waals surface area (Å²) in [4.78, 5) is 150. The van der Waals surface area contributed by atoms with Crippen LogP contribution in [0.1, 0.15) is 102 Å². The van der Waals surface area contributed by atoms with Crippen molar-refractivity contribution in [3.8, 4) is 5.75 Å². The molecule has 1 radical (unpaired) electrons. The van der Waals surface area contributed by atoms with E-state index in [0.717, 1.165) is 44.9 Å². The SMILES string of the molecule is C[C@H](NC(=O)[C@@H]1CCCN1C(=O)[C@H](CO)NC(=O)[C@H](CCCN=C(N)N)NC(=O)CCCCCCCCCCCNC(=O)CNC(=O)CN1CCN(CC(=O)[O-])CCN(CC(=O)[O-])CCN(CC(=O)[O-])CC1)C(=O)N[C@@H](Cc1ccc(O)cc1)C(=O)O.[Gd+3]. The van der Waals surface area contributed by atoms with Gasteiger partial charge in [-0.3, -0.25) is 58.2 Å². The van der Waals surface area contributed by atoms with Crippen molar-refractivity contribution in [2.45, 2.75) is 133 Å². The largest absolute Gasteiger partial charge is 3.00 e. The zero-order chi connectivity index (χ0) is 64.3. The van der Waals surface area contributed by atoms with E-state index in [1.54, 1.807) is 14.7 Å². The number of likely N-dealkylation sites (tertiary alicyclic amines) is 1. The van der Waals surface area contributed by atoms with Crippen molar-refractivity contribution in [1.82, 2.24) is 56.4 Å². The molecular weight excluding hydrogens is 1300 g/mol. The molecule has 5 atom stereocenters. The fourth-order valence-corrected chi connectivity index (χ4v) is 9.87. The van der Waals surface area contributed by atoms with Gasteiger partial charge in [0, 0.05) is 104 Å². The van der Waals surface area contributed by atoms with E-state index in [4.69, 9.17) is 11.5 Å². The van der Waals surface area contributed by atoms with Crippen molar-refractivity contribution in [3.63, 3.8) is 0 Å². The molecule has 2 fully saturated rings. The van der Waals surface area contributed by atoms with Crippen LogP contribution in [0.3, 0.4) is 0 Å². The molecule has 0 unspecified atom stereocenters. The van der Waals surface area contributed by atoms with Gasteiger partial charge in [-0.15, -0.1) is 0 Å². The molecule has 0 bridgehead atoms. The molecule has 2 heterocycles. The second kappa shape index (κ2) is 43.3. The molecule has 31 nitrogen and oxygen atoms in total. The number of hydrogen-bond donors (Lipinski definition) is 11. The summed E-state index contributed by atoms with van der Waals surface area (Å²) in [5, 5.41) is 79.3. The number of guanidine groups is 1. The summed E-state index contributed by atoms with van der Waals surface area (Å²) < 4.78 is 0. The average molecular weight is 1390 g/mol. The van der Waals surface area contributed by atoms with Crippen LogP contribution in [0.5, 0.6) is 5.75 Å². The van der Waals surface area contributed by atoms with Crippen LogP contribution in [0.15, 0.2) is 29.3 Å². The fraction of sp³-hybridized carbons (Fsp3) is 0.679. The van der Waals surface area contributed by atoms with Crippen molar-refractivity contribution in [1.29, 1.82) is 0 Å². The first kappa shape index (κ1) is 77.7. The number of nitrogens with two attached hydrogens (primary N) is 2. The minimum absolute atomic E-state index is 0. The number of aliphatic imine (C=N–C) groups is 1. The Balaban J connectivity index is 0.0000264. The Morgan fingerprint density at radius 1 is 0.602 bits per heavy atom. The number of aliphatic hydroxyl groups is 1. The molecule has 0 aromatic heterocycles. The molecule has 1 aromatic rings. The Kier molecular flexibility index (Phi) is 38.2. The molecule has 3 rings (SSSR count). The minimum Gasteiger partial charge on any atom is -0.549 e. The van der Waals surface area contributed by atoms with E-state index >= 15 is 0 Å². The van der Waals surface area contributed by atoms with Crippen LogP contribution in [-0.4, -0.2) is 253 Å². The summed E-state index contributed by atoms with van der Waals surface area (Å²) in [7, 11) is 0. The van der Waals surface area contributed by atoms with E-state index < -0.39 is 116 Å². The molecule has 88 heavy (non-hydrogen) atoms. The minimum atomic E-state index is -1.50. The number of aliphatic carboxylic acids is 4. The number of carboxylic acid groups (broad SMARTS) is 4. The smallest absolute Gasteiger partial charge is 0.549 e. The Labute approximate surface area is 544 Å². The summed E-state index contributed by atoms with van der Waals surface area (Å²) in [6, 6.07) is -0.514. The summed E-state index contributed by atoms with van der Waals surface area (Å²) in [6.07, 6.45) is 8.42. The van der Waals surface area contributed by atoms with Crippen LogP contribution < -0.4 is 58.7 Å². The number of rotatable bonds is 38. The number of benzene rings is 1. The number of hydrogen-bond acceptors (Lipinski definition) is 21. The first-order chi connectivity index (χ1) is 41.4. The molecule has 493 valence electrons. The van der Waals surface area contributed by atoms with Gasteiger partial charge in [0.05, 0.1) is 37.6 Å². The third-order valence-electron chi connectivity index (χ3n) is 14.7. The number of amides is 7. The zero-order valence-corrected chi connectivity index (χ0v) is 52.3. The quantitative estimate of drug-likeness (QED) is 0.0166. The topological polar surface area (TPSA) is 470 Å². The number of unbranched alkanes of at least 4 members (excludes halogenated alkanes) is 8. The maximum Gasteiger partial charge on any atom is 3.00 e. The van der Waals surface area contributed by atoms with Gasteiger partial charge < -0.3 is 93.3 Å². The molecular formula is C56H89GdN14O17. The number of aliphatic hydroxyl groups excluding tert-OH is 1. The Bertz CT molecular complexity index is 2410. The number of phenolic OH excluding ortho intramolecular Hbond substituents is 1. The number of aromatic hydroxyl groups is 1. The van der Waals surface area contributed by atoms with Crippen LogP contribution >= 0.6 is 0 Å². The van der Waals surface area contributed by atoms with Crippen molar-refractivity contribution in [2.75, 3.05) is 111 Å². The van der Waals surface area contributed by atoms with Gasteiger partial charge in [-0.25, -0.2) is 4.79 Å². The molecule has 2 saturated heterocycles. The third-order valence-corrected chi connectivity index (χ3v) is 14.7. The zero-order valence-electron chi connectivity index (χ0n) is 50.1. The van der Waals surface area contributed by atoms with E-state index in [1.165, 1.54) is 41.0 Å². The summed E-state index contributed by atoms with van der Waals surface area (Å²) >= 11 is 0. The number of carbonyl (C=O) groups excluding carboxylic acids is 10. The van der Waals surface area contributed by atoms with Crippen molar-refractivity contribution in [3.05, 3.63) is 29.8 Å². The van der Waals surface area contributed by atoms with Crippen molar-refractivity contribution >= 4 is 71.2 Å². The summed E-state index contributed by atoms with van der Waals surface area (Å²) in [5.41, 5.74) is 11.4. The molecule has 7 amide bonds. The van der Waals surface area contributed by atoms with E-state index in [9.17, 15) is 83.4 Å². The van der Waals surface area contributed by atoms with E-state index in [1.807, 2.05) is 0 Å². The summed E-state index contributed by atoms with van der Waals surface area (Å²) in [6.45, 7) is 0.870. The van der Waals surface area contributed by atoms with Gasteiger partial charge in [-0.05, 0) is 63.1 Å². The third kappa shape index (κ3) is 32.7. The maximum absolute atomic E-state index is 13.8. The second-order valence-corrected chi connectivity index (χ2v) is 21.8. The van der Waals surface area contributed by atoms with Crippen molar-refractivity contribution < 1.29 is 123 Å². The Morgan fingerprint density at radius 2 is 1.10 bits per heavy atom. The molecule has 2 aliphatic heterocycles. The molecule has 32 heteroatoms.